The Morgan fingerprint density at radius 3 is 2.38 bits per heavy atom. The lowest BCUT2D eigenvalue weighted by Crippen LogP contribution is -1.89. The average molecular weight is 294 g/mol. The normalized spacial score (nSPS) is 10.3. The summed E-state index contributed by atoms with van der Waals surface area (Å²) in [5.41, 5.74) is 1.71. The molecule has 0 unspecified atom stereocenters. The number of fused-ring (bicyclic) bond motifs is 1. The van der Waals surface area contributed by atoms with E-state index in [1.807, 2.05) is 49.4 Å². The Labute approximate surface area is 128 Å². The summed E-state index contributed by atoms with van der Waals surface area (Å²) >= 11 is 6.21. The number of nitrogens with zero attached hydrogens (tertiary/aromatic N) is 1. The predicted molar refractivity (Wildman–Crippen MR) is 84.9 cm³/mol. The molecule has 21 heavy (non-hydrogen) atoms. The smallest absolute Gasteiger partial charge is 0.146 e. The van der Waals surface area contributed by atoms with E-state index >= 15 is 0 Å². The molecule has 0 radical (unpaired) electrons. The molecular formula is C18H12ClNO. The number of hydrogen-bond acceptors (Lipinski definition) is 2. The van der Waals surface area contributed by atoms with E-state index in [4.69, 9.17) is 16.3 Å². The quantitative estimate of drug-likeness (QED) is 0.628. The number of halogens is 1. The van der Waals surface area contributed by atoms with Crippen molar-refractivity contribution in [1.29, 1.82) is 5.26 Å². The Balaban J connectivity index is 2.12. The molecule has 0 aliphatic carbocycles. The molecule has 0 N–H and O–H groups in total. The molecule has 0 aliphatic heterocycles. The van der Waals surface area contributed by atoms with Crippen LogP contribution in [0.2, 0.25) is 5.02 Å². The van der Waals surface area contributed by atoms with Gasteiger partial charge in [-0.3, -0.25) is 0 Å². The lowest BCUT2D eigenvalue weighted by molar-refractivity contribution is 0.488. The Morgan fingerprint density at radius 1 is 0.952 bits per heavy atom. The summed E-state index contributed by atoms with van der Waals surface area (Å²) in [4.78, 5) is 0. The zero-order chi connectivity index (χ0) is 14.8. The maximum absolute atomic E-state index is 9.18. The highest BCUT2D eigenvalue weighted by molar-refractivity contribution is 6.32. The third-order valence-electron chi connectivity index (χ3n) is 3.31. The highest BCUT2D eigenvalue weighted by Crippen LogP contribution is 2.35. The van der Waals surface area contributed by atoms with Gasteiger partial charge in [-0.15, -0.1) is 0 Å². The summed E-state index contributed by atoms with van der Waals surface area (Å²) in [6.45, 7) is 1.98. The molecule has 2 nitrogen and oxygen atoms in total. The number of rotatable bonds is 2. The van der Waals surface area contributed by atoms with Crippen molar-refractivity contribution in [3.05, 3.63) is 70.7 Å². The van der Waals surface area contributed by atoms with Crippen molar-refractivity contribution in [1.82, 2.24) is 0 Å². The Hall–Kier alpha value is -2.50. The molecule has 3 rings (SSSR count). The Morgan fingerprint density at radius 2 is 1.67 bits per heavy atom. The fourth-order valence-corrected chi connectivity index (χ4v) is 2.54. The summed E-state index contributed by atoms with van der Waals surface area (Å²) in [6.07, 6.45) is 0. The molecule has 0 bridgehead atoms. The minimum Gasteiger partial charge on any atom is -0.455 e. The van der Waals surface area contributed by atoms with Crippen LogP contribution in [0.3, 0.4) is 0 Å². The molecule has 3 aromatic rings. The fourth-order valence-electron chi connectivity index (χ4n) is 2.27. The maximum atomic E-state index is 9.18. The molecule has 0 fully saturated rings. The first-order chi connectivity index (χ1) is 10.2. The zero-order valence-corrected chi connectivity index (χ0v) is 12.2. The van der Waals surface area contributed by atoms with E-state index in [9.17, 15) is 5.26 Å². The highest BCUT2D eigenvalue weighted by Gasteiger charge is 2.09. The van der Waals surface area contributed by atoms with Crippen LogP contribution in [0.5, 0.6) is 11.5 Å². The maximum Gasteiger partial charge on any atom is 0.146 e. The Kier molecular flexibility index (Phi) is 3.51. The average Bonchev–Trinajstić information content (AvgIpc) is 2.50. The number of benzene rings is 3. The van der Waals surface area contributed by atoms with Crippen LogP contribution >= 0.6 is 11.6 Å². The first-order valence-electron chi connectivity index (χ1n) is 6.55. The van der Waals surface area contributed by atoms with Crippen LogP contribution in [-0.2, 0) is 0 Å². The minimum absolute atomic E-state index is 0.573. The van der Waals surface area contributed by atoms with E-state index < -0.39 is 0 Å². The minimum atomic E-state index is 0.573. The van der Waals surface area contributed by atoms with Crippen LogP contribution in [0, 0.1) is 18.3 Å². The summed E-state index contributed by atoms with van der Waals surface area (Å²) in [5.74, 6) is 1.30. The van der Waals surface area contributed by atoms with Crippen LogP contribution in [0.25, 0.3) is 10.8 Å². The van der Waals surface area contributed by atoms with Gasteiger partial charge in [-0.05, 0) is 36.8 Å². The molecule has 0 saturated heterocycles. The third kappa shape index (κ3) is 2.56. The third-order valence-corrected chi connectivity index (χ3v) is 3.61. The van der Waals surface area contributed by atoms with E-state index in [1.165, 1.54) is 0 Å². The van der Waals surface area contributed by atoms with Crippen molar-refractivity contribution in [2.24, 2.45) is 0 Å². The zero-order valence-electron chi connectivity index (χ0n) is 11.4. The molecule has 0 aromatic heterocycles. The topological polar surface area (TPSA) is 33.0 Å². The van der Waals surface area contributed by atoms with Crippen LogP contribution in [0.15, 0.2) is 54.6 Å². The molecular weight excluding hydrogens is 282 g/mol. The molecule has 0 amide bonds. The summed E-state index contributed by atoms with van der Waals surface area (Å²) in [5, 5.41) is 11.5. The molecule has 0 heterocycles. The van der Waals surface area contributed by atoms with Gasteiger partial charge in [-0.25, -0.2) is 0 Å². The van der Waals surface area contributed by atoms with Gasteiger partial charge in [0.15, 0.2) is 0 Å². The molecule has 3 aromatic carbocycles. The van der Waals surface area contributed by atoms with E-state index in [-0.39, 0.29) is 0 Å². The van der Waals surface area contributed by atoms with Crippen LogP contribution in [0.4, 0.5) is 0 Å². The van der Waals surface area contributed by atoms with E-state index in [2.05, 4.69) is 6.07 Å². The van der Waals surface area contributed by atoms with Gasteiger partial charge in [0, 0.05) is 10.8 Å². The lowest BCUT2D eigenvalue weighted by Gasteiger charge is -2.11. The summed E-state index contributed by atoms with van der Waals surface area (Å²) < 4.78 is 5.94. The number of hydrogen-bond donors (Lipinski definition) is 0. The molecule has 0 atom stereocenters. The van der Waals surface area contributed by atoms with Crippen molar-refractivity contribution in [3.8, 4) is 17.6 Å². The fraction of sp³-hybridized carbons (Fsp3) is 0.0556. The van der Waals surface area contributed by atoms with Gasteiger partial charge in [0.25, 0.3) is 0 Å². The van der Waals surface area contributed by atoms with Gasteiger partial charge < -0.3 is 4.74 Å². The summed E-state index contributed by atoms with van der Waals surface area (Å²) in [6, 6.07) is 19.1. The molecule has 0 aliphatic rings. The van der Waals surface area contributed by atoms with E-state index in [0.29, 0.717) is 22.1 Å². The van der Waals surface area contributed by atoms with Gasteiger partial charge in [0.1, 0.15) is 11.5 Å². The molecule has 102 valence electrons. The summed E-state index contributed by atoms with van der Waals surface area (Å²) in [7, 11) is 0. The van der Waals surface area contributed by atoms with Crippen LogP contribution in [-0.4, -0.2) is 0 Å². The first kappa shape index (κ1) is 13.5. The second-order valence-electron chi connectivity index (χ2n) is 4.80. The van der Waals surface area contributed by atoms with E-state index in [1.54, 1.807) is 12.1 Å². The van der Waals surface area contributed by atoms with Crippen molar-refractivity contribution in [2.45, 2.75) is 6.92 Å². The van der Waals surface area contributed by atoms with Gasteiger partial charge in [-0.1, -0.05) is 41.9 Å². The second kappa shape index (κ2) is 5.47. The van der Waals surface area contributed by atoms with Crippen LogP contribution < -0.4 is 4.74 Å². The Bertz CT molecular complexity index is 865. The monoisotopic (exact) mass is 293 g/mol. The van der Waals surface area contributed by atoms with Crippen molar-refractivity contribution >= 4 is 22.4 Å². The van der Waals surface area contributed by atoms with Crippen molar-refractivity contribution in [2.75, 3.05) is 0 Å². The number of aryl methyl sites for hydroxylation is 1. The van der Waals surface area contributed by atoms with Crippen molar-refractivity contribution < 1.29 is 4.74 Å². The second-order valence-corrected chi connectivity index (χ2v) is 5.21. The molecule has 0 saturated carbocycles. The van der Waals surface area contributed by atoms with Gasteiger partial charge in [0.2, 0.25) is 0 Å². The molecule has 0 spiro atoms. The predicted octanol–water partition coefficient (Wildman–Crippen LogP) is 5.47. The number of nitriles is 1. The van der Waals surface area contributed by atoms with Gasteiger partial charge in [0.05, 0.1) is 16.7 Å². The van der Waals surface area contributed by atoms with E-state index in [0.717, 1.165) is 16.3 Å². The van der Waals surface area contributed by atoms with Crippen LogP contribution in [0.1, 0.15) is 11.1 Å². The standard InChI is InChI=1S/C18H12ClNO/c1-12-6-8-18(16(19)10-12)21-17-9-7-13(11-20)14-4-2-3-5-15(14)17/h2-10H,1H3. The lowest BCUT2D eigenvalue weighted by atomic mass is 10.0. The van der Waals surface area contributed by atoms with Crippen molar-refractivity contribution in [3.63, 3.8) is 0 Å². The first-order valence-corrected chi connectivity index (χ1v) is 6.92. The molecule has 3 heteroatoms. The SMILES string of the molecule is Cc1ccc(Oc2ccc(C#N)c3ccccc23)c(Cl)c1. The van der Waals surface area contributed by atoms with Gasteiger partial charge in [-0.2, -0.15) is 5.26 Å². The number of ether oxygens (including phenoxy) is 1. The van der Waals surface area contributed by atoms with Gasteiger partial charge >= 0.3 is 0 Å². The largest absolute Gasteiger partial charge is 0.455 e. The highest BCUT2D eigenvalue weighted by atomic mass is 35.5.